The molecule has 3 aromatic carbocycles. The van der Waals surface area contributed by atoms with Crippen LogP contribution in [-0.2, 0) is 10.9 Å². The molecular formula is C25H22F3N3O3. The van der Waals surface area contributed by atoms with Gasteiger partial charge in [-0.25, -0.2) is 0 Å². The number of nitrogens with zero attached hydrogens (tertiary/aromatic N) is 1. The first-order valence-corrected chi connectivity index (χ1v) is 10.6. The van der Waals surface area contributed by atoms with E-state index in [1.165, 1.54) is 18.2 Å². The fraction of sp³-hybridized carbons (Fsp3) is 0.200. The number of nitrogens with one attached hydrogen (secondary N) is 2. The molecule has 2 N–H and O–H groups in total. The normalized spacial score (nSPS) is 13.9. The van der Waals surface area contributed by atoms with E-state index in [1.807, 2.05) is 4.90 Å². The van der Waals surface area contributed by atoms with Gasteiger partial charge in [-0.1, -0.05) is 18.2 Å². The first-order chi connectivity index (χ1) is 16.3. The molecule has 2 amide bonds. The second-order valence-corrected chi connectivity index (χ2v) is 7.68. The highest BCUT2D eigenvalue weighted by Gasteiger charge is 2.32. The molecule has 0 radical (unpaired) electrons. The summed E-state index contributed by atoms with van der Waals surface area (Å²) in [7, 11) is 0. The summed E-state index contributed by atoms with van der Waals surface area (Å²) in [6.07, 6.45) is -4.54. The average Bonchev–Trinajstić information content (AvgIpc) is 2.85. The molecule has 1 saturated heterocycles. The van der Waals surface area contributed by atoms with E-state index in [1.54, 1.807) is 42.5 Å². The largest absolute Gasteiger partial charge is 0.416 e. The van der Waals surface area contributed by atoms with Crippen LogP contribution in [0.25, 0.3) is 0 Å². The van der Waals surface area contributed by atoms with Gasteiger partial charge in [0.1, 0.15) is 0 Å². The molecule has 9 heteroatoms. The minimum atomic E-state index is -4.54. The zero-order valence-electron chi connectivity index (χ0n) is 18.1. The van der Waals surface area contributed by atoms with Crippen LogP contribution in [0.4, 0.5) is 30.2 Å². The monoisotopic (exact) mass is 469 g/mol. The van der Waals surface area contributed by atoms with E-state index >= 15 is 0 Å². The van der Waals surface area contributed by atoms with Gasteiger partial charge in [-0.2, -0.15) is 13.2 Å². The molecule has 6 nitrogen and oxygen atoms in total. The van der Waals surface area contributed by atoms with E-state index in [2.05, 4.69) is 10.6 Å². The van der Waals surface area contributed by atoms with Crippen molar-refractivity contribution in [2.24, 2.45) is 0 Å². The predicted octanol–water partition coefficient (Wildman–Crippen LogP) is 5.05. The first kappa shape index (κ1) is 23.3. The van der Waals surface area contributed by atoms with Gasteiger partial charge >= 0.3 is 6.18 Å². The molecule has 0 spiro atoms. The minimum absolute atomic E-state index is 0.0724. The number of rotatable bonds is 5. The average molecular weight is 469 g/mol. The van der Waals surface area contributed by atoms with Gasteiger partial charge in [-0.3, -0.25) is 9.59 Å². The zero-order valence-corrected chi connectivity index (χ0v) is 18.1. The van der Waals surface area contributed by atoms with Crippen LogP contribution in [0.1, 0.15) is 26.3 Å². The molecule has 0 aliphatic carbocycles. The Morgan fingerprint density at radius 1 is 0.794 bits per heavy atom. The van der Waals surface area contributed by atoms with Crippen molar-refractivity contribution in [3.63, 3.8) is 0 Å². The van der Waals surface area contributed by atoms with Crippen molar-refractivity contribution in [1.82, 2.24) is 0 Å². The lowest BCUT2D eigenvalue weighted by Crippen LogP contribution is -2.36. The van der Waals surface area contributed by atoms with Crippen LogP contribution < -0.4 is 15.5 Å². The van der Waals surface area contributed by atoms with Gasteiger partial charge in [-0.05, 0) is 54.6 Å². The van der Waals surface area contributed by atoms with Crippen molar-refractivity contribution in [2.75, 3.05) is 41.8 Å². The van der Waals surface area contributed by atoms with E-state index in [0.717, 1.165) is 12.1 Å². The Morgan fingerprint density at radius 2 is 1.41 bits per heavy atom. The van der Waals surface area contributed by atoms with E-state index in [4.69, 9.17) is 4.74 Å². The van der Waals surface area contributed by atoms with Crippen molar-refractivity contribution < 1.29 is 27.5 Å². The lowest BCUT2D eigenvalue weighted by molar-refractivity contribution is -0.137. The Bertz CT molecular complexity index is 1160. The standard InChI is InChI=1S/C25H22F3N3O3/c26-25(27,28)19-8-11-22(31-12-14-34-15-13-31)21(16-19)30-24(33)18-6-9-20(10-7-18)29-23(32)17-4-2-1-3-5-17/h1-11,16H,12-15H2,(H,29,32)(H,30,33). The minimum Gasteiger partial charge on any atom is -0.378 e. The number of amides is 2. The highest BCUT2D eigenvalue weighted by molar-refractivity contribution is 6.07. The number of carbonyl (C=O) groups is 2. The van der Waals surface area contributed by atoms with Crippen LogP contribution in [0.3, 0.4) is 0 Å². The van der Waals surface area contributed by atoms with Gasteiger partial charge in [0.05, 0.1) is 30.2 Å². The summed E-state index contributed by atoms with van der Waals surface area (Å²) in [6.45, 7) is 1.91. The van der Waals surface area contributed by atoms with Crippen LogP contribution in [0.15, 0.2) is 72.8 Å². The van der Waals surface area contributed by atoms with Crippen molar-refractivity contribution in [2.45, 2.75) is 6.18 Å². The lowest BCUT2D eigenvalue weighted by atomic mass is 10.1. The maximum atomic E-state index is 13.3. The lowest BCUT2D eigenvalue weighted by Gasteiger charge is -2.31. The number of ether oxygens (including phenoxy) is 1. The van der Waals surface area contributed by atoms with Gasteiger partial charge in [0.2, 0.25) is 0 Å². The summed E-state index contributed by atoms with van der Waals surface area (Å²) < 4.78 is 45.2. The van der Waals surface area contributed by atoms with Crippen molar-refractivity contribution in [3.8, 4) is 0 Å². The van der Waals surface area contributed by atoms with Crippen molar-refractivity contribution in [1.29, 1.82) is 0 Å². The first-order valence-electron chi connectivity index (χ1n) is 10.6. The Morgan fingerprint density at radius 3 is 2.06 bits per heavy atom. The quantitative estimate of drug-likeness (QED) is 0.549. The molecular weight excluding hydrogens is 447 g/mol. The number of hydrogen-bond acceptors (Lipinski definition) is 4. The molecule has 0 unspecified atom stereocenters. The fourth-order valence-electron chi connectivity index (χ4n) is 3.58. The zero-order chi connectivity index (χ0) is 24.1. The van der Waals surface area contributed by atoms with Crippen LogP contribution in [0.2, 0.25) is 0 Å². The number of anilines is 3. The molecule has 1 fully saturated rings. The number of morpholine rings is 1. The summed E-state index contributed by atoms with van der Waals surface area (Å²) in [6, 6.07) is 18.1. The number of benzene rings is 3. The molecule has 4 rings (SSSR count). The number of alkyl halides is 3. The van der Waals surface area contributed by atoms with Crippen LogP contribution >= 0.6 is 0 Å². The SMILES string of the molecule is O=C(Nc1ccc(C(=O)Nc2cc(C(F)(F)F)ccc2N2CCOCC2)cc1)c1ccccc1. The topological polar surface area (TPSA) is 70.7 Å². The van der Waals surface area contributed by atoms with E-state index in [-0.39, 0.29) is 17.2 Å². The third-order valence-corrected chi connectivity index (χ3v) is 5.36. The Balaban J connectivity index is 1.51. The molecule has 176 valence electrons. The highest BCUT2D eigenvalue weighted by atomic mass is 19.4. The summed E-state index contributed by atoms with van der Waals surface area (Å²) in [5, 5.41) is 5.35. The second kappa shape index (κ2) is 9.96. The molecule has 1 aliphatic heterocycles. The number of carbonyl (C=O) groups excluding carboxylic acids is 2. The van der Waals surface area contributed by atoms with Gasteiger partial charge in [0, 0.05) is 29.9 Å². The molecule has 0 atom stereocenters. The molecule has 1 aliphatic rings. The Kier molecular flexibility index (Phi) is 6.83. The molecule has 0 bridgehead atoms. The smallest absolute Gasteiger partial charge is 0.378 e. The molecule has 0 saturated carbocycles. The van der Waals surface area contributed by atoms with Crippen LogP contribution in [-0.4, -0.2) is 38.1 Å². The molecule has 1 heterocycles. The Labute approximate surface area is 194 Å². The molecule has 34 heavy (non-hydrogen) atoms. The van der Waals surface area contributed by atoms with Gasteiger partial charge in [-0.15, -0.1) is 0 Å². The third kappa shape index (κ3) is 5.55. The summed E-state index contributed by atoms with van der Waals surface area (Å²) in [5.74, 6) is -0.855. The van der Waals surface area contributed by atoms with Crippen LogP contribution in [0, 0.1) is 0 Å². The molecule has 3 aromatic rings. The van der Waals surface area contributed by atoms with E-state index < -0.39 is 17.6 Å². The van der Waals surface area contributed by atoms with Gasteiger partial charge < -0.3 is 20.3 Å². The van der Waals surface area contributed by atoms with Gasteiger partial charge in [0.25, 0.3) is 11.8 Å². The van der Waals surface area contributed by atoms with E-state index in [0.29, 0.717) is 43.2 Å². The maximum absolute atomic E-state index is 13.3. The van der Waals surface area contributed by atoms with Crippen molar-refractivity contribution in [3.05, 3.63) is 89.5 Å². The van der Waals surface area contributed by atoms with E-state index in [9.17, 15) is 22.8 Å². The third-order valence-electron chi connectivity index (χ3n) is 5.36. The number of halogens is 3. The summed E-state index contributed by atoms with van der Waals surface area (Å²) in [4.78, 5) is 27.0. The summed E-state index contributed by atoms with van der Waals surface area (Å²) >= 11 is 0. The molecule has 0 aromatic heterocycles. The highest BCUT2D eigenvalue weighted by Crippen LogP contribution is 2.36. The van der Waals surface area contributed by atoms with Gasteiger partial charge in [0.15, 0.2) is 0 Å². The second-order valence-electron chi connectivity index (χ2n) is 7.68. The predicted molar refractivity (Wildman–Crippen MR) is 123 cm³/mol. The number of hydrogen-bond donors (Lipinski definition) is 2. The van der Waals surface area contributed by atoms with Crippen molar-refractivity contribution >= 4 is 28.9 Å². The fourth-order valence-corrected chi connectivity index (χ4v) is 3.58. The summed E-state index contributed by atoms with van der Waals surface area (Å²) in [5.41, 5.74) is 0.935. The Hall–Kier alpha value is -3.85. The van der Waals surface area contributed by atoms with Crippen LogP contribution in [0.5, 0.6) is 0 Å². The maximum Gasteiger partial charge on any atom is 0.416 e.